The summed E-state index contributed by atoms with van der Waals surface area (Å²) in [6.07, 6.45) is 1.61. The number of esters is 1. The molecule has 1 aromatic heterocycles. The van der Waals surface area contributed by atoms with Crippen molar-refractivity contribution in [1.29, 1.82) is 0 Å². The molecule has 0 saturated carbocycles. The number of benzene rings is 2. The summed E-state index contributed by atoms with van der Waals surface area (Å²) in [5, 5.41) is 0.455. The quantitative estimate of drug-likeness (QED) is 0.213. The normalized spacial score (nSPS) is 14.4. The third-order valence-corrected chi connectivity index (χ3v) is 6.83. The second-order valence-corrected chi connectivity index (χ2v) is 9.51. The van der Waals surface area contributed by atoms with Gasteiger partial charge in [0.2, 0.25) is 5.76 Å². The van der Waals surface area contributed by atoms with Gasteiger partial charge in [-0.2, -0.15) is 0 Å². The number of rotatable bonds is 9. The highest BCUT2D eigenvalue weighted by Gasteiger charge is 2.35. The van der Waals surface area contributed by atoms with Gasteiger partial charge in [-0.25, -0.2) is 4.79 Å². The van der Waals surface area contributed by atoms with E-state index in [1.807, 2.05) is 13.0 Å². The molecule has 2 aromatic carbocycles. The minimum atomic E-state index is -0.644. The Morgan fingerprint density at radius 1 is 1.03 bits per heavy atom. The van der Waals surface area contributed by atoms with Gasteiger partial charge < -0.3 is 18.6 Å². The number of nitrogens with zero attached hydrogens (tertiary/aromatic N) is 1. The van der Waals surface area contributed by atoms with Gasteiger partial charge in [-0.05, 0) is 72.3 Å². The van der Waals surface area contributed by atoms with E-state index in [1.165, 1.54) is 19.2 Å². The van der Waals surface area contributed by atoms with Gasteiger partial charge in [-0.3, -0.25) is 14.5 Å². The minimum absolute atomic E-state index is 0.00932. The molecule has 4 rings (SSSR count). The largest absolute Gasteiger partial charge is 0.490 e. The lowest BCUT2D eigenvalue weighted by Gasteiger charge is -2.13. The first-order valence-corrected chi connectivity index (χ1v) is 12.6. The number of ether oxygens (including phenoxy) is 3. The van der Waals surface area contributed by atoms with E-state index in [0.717, 1.165) is 22.2 Å². The van der Waals surface area contributed by atoms with E-state index in [0.29, 0.717) is 33.7 Å². The highest BCUT2D eigenvalue weighted by molar-refractivity contribution is 8.18. The predicted octanol–water partition coefficient (Wildman–Crippen LogP) is 6.59. The molecule has 1 aliphatic rings. The molecule has 0 spiro atoms. The minimum Gasteiger partial charge on any atom is -0.490 e. The Bertz CT molecular complexity index is 1380. The van der Waals surface area contributed by atoms with Crippen molar-refractivity contribution in [2.75, 3.05) is 13.7 Å². The highest BCUT2D eigenvalue weighted by Crippen LogP contribution is 2.36. The van der Waals surface area contributed by atoms with Gasteiger partial charge in [-0.15, -0.1) is 0 Å². The molecule has 2 amide bonds. The first kappa shape index (κ1) is 26.7. The topological polar surface area (TPSA) is 95.3 Å². The molecule has 37 heavy (non-hydrogen) atoms. The van der Waals surface area contributed by atoms with Crippen LogP contribution in [0.2, 0.25) is 10.0 Å². The predicted molar refractivity (Wildman–Crippen MR) is 140 cm³/mol. The monoisotopic (exact) mass is 561 g/mol. The fourth-order valence-corrected chi connectivity index (χ4v) is 4.57. The van der Waals surface area contributed by atoms with Crippen molar-refractivity contribution in [2.45, 2.75) is 20.1 Å². The number of carbonyl (C=O) groups excluding carboxylic acids is 3. The summed E-state index contributed by atoms with van der Waals surface area (Å²) in [7, 11) is 1.23. The molecule has 8 nitrogen and oxygen atoms in total. The number of methoxy groups -OCH3 is 1. The molecule has 192 valence electrons. The second-order valence-electron chi connectivity index (χ2n) is 7.70. The van der Waals surface area contributed by atoms with Crippen LogP contribution in [0.15, 0.2) is 57.9 Å². The molecule has 1 saturated heterocycles. The standard InChI is InChI=1S/C26H21Cl2NO7S/c1-3-34-22-11-15(5-8-20(22)35-14-16-4-7-18(27)19(28)10-16)12-23-24(30)29(26(32)37-23)13-17-6-9-21(36-17)25(31)33-2/h4-12H,3,13-14H2,1-2H3/b23-12+. The number of imide groups is 1. The van der Waals surface area contributed by atoms with Crippen molar-refractivity contribution in [1.82, 2.24) is 4.90 Å². The summed E-state index contributed by atoms with van der Waals surface area (Å²) < 4.78 is 21.6. The maximum absolute atomic E-state index is 12.9. The van der Waals surface area contributed by atoms with Crippen molar-refractivity contribution < 1.29 is 33.0 Å². The Labute approximate surface area is 227 Å². The van der Waals surface area contributed by atoms with Crippen LogP contribution in [0.3, 0.4) is 0 Å². The first-order valence-electron chi connectivity index (χ1n) is 11.0. The summed E-state index contributed by atoms with van der Waals surface area (Å²) in [5.41, 5.74) is 1.49. The van der Waals surface area contributed by atoms with E-state index in [2.05, 4.69) is 4.74 Å². The van der Waals surface area contributed by atoms with Gasteiger partial charge in [0.15, 0.2) is 11.5 Å². The highest BCUT2D eigenvalue weighted by atomic mass is 35.5. The van der Waals surface area contributed by atoms with Crippen molar-refractivity contribution in [2.24, 2.45) is 0 Å². The van der Waals surface area contributed by atoms with Crippen molar-refractivity contribution in [3.8, 4) is 11.5 Å². The van der Waals surface area contributed by atoms with Crippen LogP contribution in [-0.4, -0.2) is 35.7 Å². The van der Waals surface area contributed by atoms with Crippen molar-refractivity contribution in [3.63, 3.8) is 0 Å². The summed E-state index contributed by atoms with van der Waals surface area (Å²) >= 11 is 12.9. The van der Waals surface area contributed by atoms with Crippen LogP contribution < -0.4 is 9.47 Å². The third kappa shape index (κ3) is 6.30. The molecule has 0 unspecified atom stereocenters. The summed E-state index contributed by atoms with van der Waals surface area (Å²) in [5.74, 6) is 0.161. The first-order chi connectivity index (χ1) is 17.8. The molecule has 1 aliphatic heterocycles. The van der Waals surface area contributed by atoms with Gasteiger partial charge in [0.1, 0.15) is 12.4 Å². The zero-order chi connectivity index (χ0) is 26.5. The lowest BCUT2D eigenvalue weighted by Crippen LogP contribution is -2.27. The average molecular weight is 562 g/mol. The molecule has 2 heterocycles. The van der Waals surface area contributed by atoms with E-state index in [-0.39, 0.29) is 29.6 Å². The molecule has 3 aromatic rings. The van der Waals surface area contributed by atoms with Crippen LogP contribution in [0.5, 0.6) is 11.5 Å². The molecule has 11 heteroatoms. The van der Waals surface area contributed by atoms with Crippen LogP contribution in [0, 0.1) is 0 Å². The fraction of sp³-hybridized carbons (Fsp3) is 0.192. The number of hydrogen-bond acceptors (Lipinski definition) is 8. The van der Waals surface area contributed by atoms with Gasteiger partial charge in [-0.1, -0.05) is 35.3 Å². The second kappa shape index (κ2) is 11.8. The lowest BCUT2D eigenvalue weighted by atomic mass is 10.1. The summed E-state index contributed by atoms with van der Waals surface area (Å²) in [4.78, 5) is 38.3. The number of halogens is 2. The summed E-state index contributed by atoms with van der Waals surface area (Å²) in [6, 6.07) is 13.4. The Morgan fingerprint density at radius 2 is 1.84 bits per heavy atom. The molecular formula is C26H21Cl2NO7S. The van der Waals surface area contributed by atoms with Crippen LogP contribution in [0.25, 0.3) is 6.08 Å². The fourth-order valence-electron chi connectivity index (χ4n) is 3.41. The Morgan fingerprint density at radius 3 is 2.57 bits per heavy atom. The number of thioether (sulfide) groups is 1. The Hall–Kier alpha value is -3.40. The molecule has 0 N–H and O–H groups in total. The van der Waals surface area contributed by atoms with Crippen molar-refractivity contribution in [3.05, 3.63) is 86.1 Å². The SMILES string of the molecule is CCOc1cc(/C=C2/SC(=O)N(Cc3ccc(C(=O)OC)o3)C2=O)ccc1OCc1ccc(Cl)c(Cl)c1. The maximum Gasteiger partial charge on any atom is 0.373 e. The summed E-state index contributed by atoms with van der Waals surface area (Å²) in [6.45, 7) is 2.39. The van der Waals surface area contributed by atoms with Crippen LogP contribution in [0.1, 0.15) is 34.4 Å². The number of furan rings is 1. The van der Waals surface area contributed by atoms with Crippen LogP contribution in [-0.2, 0) is 22.7 Å². The van der Waals surface area contributed by atoms with Crippen LogP contribution >= 0.6 is 35.0 Å². The smallest absolute Gasteiger partial charge is 0.373 e. The van der Waals surface area contributed by atoms with Gasteiger partial charge in [0.25, 0.3) is 11.1 Å². The van der Waals surface area contributed by atoms with E-state index in [1.54, 1.807) is 36.4 Å². The molecule has 0 aliphatic carbocycles. The molecule has 1 fully saturated rings. The molecular weight excluding hydrogens is 541 g/mol. The molecule has 0 bridgehead atoms. The van der Waals surface area contributed by atoms with Gasteiger partial charge in [0, 0.05) is 0 Å². The zero-order valence-electron chi connectivity index (χ0n) is 19.8. The molecule has 0 radical (unpaired) electrons. The van der Waals surface area contributed by atoms with E-state index < -0.39 is 17.1 Å². The molecule has 0 atom stereocenters. The van der Waals surface area contributed by atoms with Crippen molar-refractivity contribution >= 4 is 58.2 Å². The average Bonchev–Trinajstić information content (AvgIpc) is 3.46. The third-order valence-electron chi connectivity index (χ3n) is 5.18. The Balaban J connectivity index is 1.48. The number of hydrogen-bond donors (Lipinski definition) is 0. The Kier molecular flexibility index (Phi) is 8.48. The maximum atomic E-state index is 12.9. The van der Waals surface area contributed by atoms with Crippen LogP contribution in [0.4, 0.5) is 4.79 Å². The van der Waals surface area contributed by atoms with Gasteiger partial charge in [0.05, 0.1) is 35.2 Å². The van der Waals surface area contributed by atoms with Gasteiger partial charge >= 0.3 is 5.97 Å². The van der Waals surface area contributed by atoms with E-state index in [4.69, 9.17) is 37.1 Å². The van der Waals surface area contributed by atoms with E-state index >= 15 is 0 Å². The lowest BCUT2D eigenvalue weighted by molar-refractivity contribution is -0.123. The zero-order valence-corrected chi connectivity index (χ0v) is 22.1. The number of amides is 2. The van der Waals surface area contributed by atoms with E-state index in [9.17, 15) is 14.4 Å². The number of carbonyl (C=O) groups is 3.